The van der Waals surface area contributed by atoms with Gasteiger partial charge >= 0.3 is 7.82 Å². The molecule has 0 aliphatic heterocycles. The number of aliphatic hydroxyl groups excluding tert-OH is 1. The SMILES string of the molecule is CCCCCCCCCCCCCCCC/C=C/[C@@H](O)[C@H](COP(=O)(O)OCCN)NC(=O)CCCCCCCCCCCCCCCC. The van der Waals surface area contributed by atoms with Gasteiger partial charge in [0.15, 0.2) is 0 Å². The van der Waals surface area contributed by atoms with Crippen LogP contribution in [0.2, 0.25) is 0 Å². The number of carbonyl (C=O) groups excluding carboxylic acids is 1. The van der Waals surface area contributed by atoms with Gasteiger partial charge in [0.05, 0.1) is 25.4 Å². The first-order chi connectivity index (χ1) is 23.9. The Morgan fingerprint density at radius 3 is 1.45 bits per heavy atom. The molecule has 292 valence electrons. The van der Waals surface area contributed by atoms with Crippen molar-refractivity contribution >= 4 is 13.7 Å². The minimum absolute atomic E-state index is 0.0812. The normalized spacial score (nSPS) is 14.3. The second-order valence-electron chi connectivity index (χ2n) is 14.2. The van der Waals surface area contributed by atoms with Crippen molar-refractivity contribution in [2.75, 3.05) is 19.8 Å². The van der Waals surface area contributed by atoms with E-state index < -0.39 is 20.0 Å². The number of nitrogens with one attached hydrogen (secondary N) is 1. The number of phosphoric acid groups is 1. The number of unbranched alkanes of at least 4 members (excludes halogenated alkanes) is 27. The van der Waals surface area contributed by atoms with Crippen molar-refractivity contribution in [3.05, 3.63) is 12.2 Å². The number of phosphoric ester groups is 1. The topological polar surface area (TPSA) is 131 Å². The molecule has 0 fully saturated rings. The Morgan fingerprint density at radius 1 is 0.653 bits per heavy atom. The molecule has 3 atom stereocenters. The van der Waals surface area contributed by atoms with E-state index in [1.807, 2.05) is 6.08 Å². The van der Waals surface area contributed by atoms with Gasteiger partial charge in [-0.15, -0.1) is 0 Å². The van der Waals surface area contributed by atoms with Gasteiger partial charge in [0.2, 0.25) is 5.91 Å². The van der Waals surface area contributed by atoms with Crippen molar-refractivity contribution in [3.8, 4) is 0 Å². The van der Waals surface area contributed by atoms with Crippen LogP contribution in [0.1, 0.15) is 206 Å². The average molecular weight is 717 g/mol. The minimum Gasteiger partial charge on any atom is -0.387 e. The maximum atomic E-state index is 12.7. The second-order valence-corrected chi connectivity index (χ2v) is 15.7. The fourth-order valence-electron chi connectivity index (χ4n) is 6.19. The van der Waals surface area contributed by atoms with Crippen molar-refractivity contribution in [3.63, 3.8) is 0 Å². The summed E-state index contributed by atoms with van der Waals surface area (Å²) in [6.45, 7) is 4.15. The molecule has 0 spiro atoms. The maximum absolute atomic E-state index is 12.7. The monoisotopic (exact) mass is 717 g/mol. The standard InChI is InChI=1S/C40H81N2O6P/c1-3-5-7-9-11-13-15-17-19-20-21-23-25-27-29-31-33-39(43)38(37-48-49(45,46)47-36-35-41)42-40(44)34-32-30-28-26-24-22-18-16-14-12-10-8-6-4-2/h31,33,38-39,43H,3-30,32,34-37,41H2,1-2H3,(H,42,44)(H,45,46)/b33-31+/t38-,39+/m0/s1. The molecule has 49 heavy (non-hydrogen) atoms. The first kappa shape index (κ1) is 48.2. The van der Waals surface area contributed by atoms with Crippen molar-refractivity contribution in [2.45, 2.75) is 219 Å². The van der Waals surface area contributed by atoms with E-state index in [1.54, 1.807) is 6.08 Å². The molecule has 0 aliphatic carbocycles. The summed E-state index contributed by atoms with van der Waals surface area (Å²) >= 11 is 0. The maximum Gasteiger partial charge on any atom is 0.472 e. The summed E-state index contributed by atoms with van der Waals surface area (Å²) in [5.41, 5.74) is 5.36. The van der Waals surface area contributed by atoms with Gasteiger partial charge in [0, 0.05) is 13.0 Å². The van der Waals surface area contributed by atoms with E-state index in [0.717, 1.165) is 38.5 Å². The third kappa shape index (κ3) is 35.4. The lowest BCUT2D eigenvalue weighted by molar-refractivity contribution is -0.123. The zero-order chi connectivity index (χ0) is 36.1. The van der Waals surface area contributed by atoms with Gasteiger partial charge in [0.25, 0.3) is 0 Å². The molecule has 1 amide bonds. The molecule has 0 saturated heterocycles. The highest BCUT2D eigenvalue weighted by molar-refractivity contribution is 7.47. The van der Waals surface area contributed by atoms with Crippen LogP contribution in [-0.4, -0.2) is 47.8 Å². The van der Waals surface area contributed by atoms with Gasteiger partial charge in [-0.05, 0) is 19.3 Å². The van der Waals surface area contributed by atoms with E-state index in [0.29, 0.717) is 6.42 Å². The van der Waals surface area contributed by atoms with Crippen molar-refractivity contribution < 1.29 is 28.4 Å². The Labute approximate surface area is 303 Å². The average Bonchev–Trinajstić information content (AvgIpc) is 3.09. The molecular formula is C40H81N2O6P. The first-order valence-corrected chi connectivity index (χ1v) is 22.3. The van der Waals surface area contributed by atoms with Crippen molar-refractivity contribution in [1.29, 1.82) is 0 Å². The number of amides is 1. The third-order valence-electron chi connectivity index (χ3n) is 9.36. The quantitative estimate of drug-likeness (QED) is 0.0283. The van der Waals surface area contributed by atoms with Crippen LogP contribution in [0.3, 0.4) is 0 Å². The molecule has 0 heterocycles. The van der Waals surface area contributed by atoms with E-state index >= 15 is 0 Å². The van der Waals surface area contributed by atoms with E-state index in [-0.39, 0.29) is 25.7 Å². The summed E-state index contributed by atoms with van der Waals surface area (Å²) in [6.07, 6.45) is 39.6. The largest absolute Gasteiger partial charge is 0.472 e. The molecule has 1 unspecified atom stereocenters. The lowest BCUT2D eigenvalue weighted by Crippen LogP contribution is -2.45. The van der Waals surface area contributed by atoms with Crippen LogP contribution >= 0.6 is 7.82 Å². The fraction of sp³-hybridized carbons (Fsp3) is 0.925. The Hall–Kier alpha value is -0.760. The molecule has 0 bridgehead atoms. The molecule has 0 aromatic rings. The van der Waals surface area contributed by atoms with E-state index in [4.69, 9.17) is 14.8 Å². The van der Waals surface area contributed by atoms with Crippen LogP contribution in [0.4, 0.5) is 0 Å². The highest BCUT2D eigenvalue weighted by Gasteiger charge is 2.26. The molecule has 0 radical (unpaired) electrons. The summed E-state index contributed by atoms with van der Waals surface area (Å²) < 4.78 is 22.1. The van der Waals surface area contributed by atoms with Crippen LogP contribution in [-0.2, 0) is 18.4 Å². The molecule has 8 nitrogen and oxygen atoms in total. The Bertz CT molecular complexity index is 784. The Kier molecular flexibility index (Phi) is 36.4. The minimum atomic E-state index is -4.33. The van der Waals surface area contributed by atoms with Crippen LogP contribution in [0.5, 0.6) is 0 Å². The van der Waals surface area contributed by atoms with E-state index in [2.05, 4.69) is 19.2 Å². The van der Waals surface area contributed by atoms with Crippen LogP contribution < -0.4 is 11.1 Å². The Morgan fingerprint density at radius 2 is 1.04 bits per heavy atom. The van der Waals surface area contributed by atoms with Crippen molar-refractivity contribution in [1.82, 2.24) is 5.32 Å². The number of aliphatic hydroxyl groups is 1. The van der Waals surface area contributed by atoms with Gasteiger partial charge in [-0.3, -0.25) is 13.8 Å². The molecule has 0 aliphatic rings. The molecular weight excluding hydrogens is 635 g/mol. The molecule has 0 saturated carbocycles. The van der Waals surface area contributed by atoms with Gasteiger partial charge in [0.1, 0.15) is 0 Å². The van der Waals surface area contributed by atoms with E-state index in [9.17, 15) is 19.4 Å². The number of hydrogen-bond donors (Lipinski definition) is 4. The molecule has 0 aromatic heterocycles. The number of rotatable bonds is 39. The highest BCUT2D eigenvalue weighted by atomic mass is 31.2. The molecule has 0 rings (SSSR count). The summed E-state index contributed by atoms with van der Waals surface area (Å²) in [6, 6.07) is -0.853. The predicted octanol–water partition coefficient (Wildman–Crippen LogP) is 11.2. The van der Waals surface area contributed by atoms with Gasteiger partial charge < -0.3 is 21.1 Å². The molecule has 9 heteroatoms. The van der Waals surface area contributed by atoms with Crippen LogP contribution in [0.15, 0.2) is 12.2 Å². The highest BCUT2D eigenvalue weighted by Crippen LogP contribution is 2.43. The Balaban J connectivity index is 4.23. The van der Waals surface area contributed by atoms with Gasteiger partial charge in [-0.1, -0.05) is 193 Å². The number of nitrogens with two attached hydrogens (primary N) is 1. The lowest BCUT2D eigenvalue weighted by Gasteiger charge is -2.23. The van der Waals surface area contributed by atoms with Crippen LogP contribution in [0.25, 0.3) is 0 Å². The van der Waals surface area contributed by atoms with Gasteiger partial charge in [-0.2, -0.15) is 0 Å². The van der Waals surface area contributed by atoms with Gasteiger partial charge in [-0.25, -0.2) is 4.57 Å². The lowest BCUT2D eigenvalue weighted by atomic mass is 10.0. The van der Waals surface area contributed by atoms with E-state index in [1.165, 1.54) is 148 Å². The summed E-state index contributed by atoms with van der Waals surface area (Å²) in [4.78, 5) is 22.6. The summed E-state index contributed by atoms with van der Waals surface area (Å²) in [5.74, 6) is -0.192. The predicted molar refractivity (Wildman–Crippen MR) is 208 cm³/mol. The molecule has 0 aromatic carbocycles. The zero-order valence-electron chi connectivity index (χ0n) is 32.2. The second kappa shape index (κ2) is 37.0. The van der Waals surface area contributed by atoms with Crippen LogP contribution in [0, 0.1) is 0 Å². The first-order valence-electron chi connectivity index (χ1n) is 20.8. The third-order valence-corrected chi connectivity index (χ3v) is 10.3. The zero-order valence-corrected chi connectivity index (χ0v) is 33.1. The number of allylic oxidation sites excluding steroid dienone is 1. The number of hydrogen-bond acceptors (Lipinski definition) is 6. The fourth-order valence-corrected chi connectivity index (χ4v) is 6.95. The van der Waals surface area contributed by atoms with Crippen molar-refractivity contribution in [2.24, 2.45) is 5.73 Å². The summed E-state index contributed by atoms with van der Waals surface area (Å²) in [5, 5.41) is 13.6. The smallest absolute Gasteiger partial charge is 0.387 e. The number of carbonyl (C=O) groups is 1. The summed E-state index contributed by atoms with van der Waals surface area (Å²) in [7, 11) is -4.33. The molecule has 5 N–H and O–H groups in total.